The molecule has 0 aromatic heterocycles. The molecule has 0 aromatic carbocycles. The summed E-state index contributed by atoms with van der Waals surface area (Å²) in [5.41, 5.74) is 4.95. The van der Waals surface area contributed by atoms with E-state index in [1.54, 1.807) is 0 Å². The van der Waals surface area contributed by atoms with Gasteiger partial charge in [-0.1, -0.05) is 20.8 Å². The topological polar surface area (TPSA) is 12.4 Å². The van der Waals surface area contributed by atoms with Crippen LogP contribution in [-0.2, 0) is 0 Å². The van der Waals surface area contributed by atoms with Gasteiger partial charge in [0.25, 0.3) is 0 Å². The molecule has 1 nitrogen and oxygen atoms in total. The summed E-state index contributed by atoms with van der Waals surface area (Å²) in [6, 6.07) is 0. The molecule has 0 saturated carbocycles. The highest BCUT2D eigenvalue weighted by atomic mass is 127. The predicted octanol–water partition coefficient (Wildman–Crippen LogP) is 1.01. The van der Waals surface area contributed by atoms with Gasteiger partial charge in [-0.15, -0.1) is 0 Å². The highest BCUT2D eigenvalue weighted by molar-refractivity contribution is 14.2. The summed E-state index contributed by atoms with van der Waals surface area (Å²) in [5, 5.41) is 0. The average molecular weight is 185 g/mol. The van der Waals surface area contributed by atoms with Crippen molar-refractivity contribution in [3.63, 3.8) is 0 Å². The third-order valence-electron chi connectivity index (χ3n) is 0.0563. The lowest BCUT2D eigenvalue weighted by Crippen LogP contribution is -1.11. The van der Waals surface area contributed by atoms with E-state index in [0.717, 1.165) is 0 Å². The van der Waals surface area contributed by atoms with Crippen molar-refractivity contribution in [3.05, 3.63) is 0 Å². The second kappa shape index (κ2) is 4.02. The summed E-state index contributed by atoms with van der Waals surface area (Å²) < 4.78 is 3.54. The molecule has 0 rings (SSSR count). The highest BCUT2D eigenvalue weighted by Gasteiger charge is 1.35. The quantitative estimate of drug-likeness (QED) is 0.303. The van der Waals surface area contributed by atoms with E-state index in [4.69, 9.17) is 5.70 Å². The van der Waals surface area contributed by atoms with Crippen LogP contribution in [0.4, 0.5) is 0 Å². The first kappa shape index (κ1) is 5.02. The van der Waals surface area contributed by atoms with Gasteiger partial charge in [-0.3, -0.25) is 2.92 Å². The fraction of sp³-hybridized carbons (Fsp3) is 0. The van der Waals surface area contributed by atoms with Crippen LogP contribution in [-0.4, -0.2) is 5.70 Å². The van der Waals surface area contributed by atoms with Gasteiger partial charge in [0.2, 0.25) is 0 Å². The molecular weight excluding hydrogens is 183 g/mol. The second-order valence-corrected chi connectivity index (χ2v) is 2.62. The minimum Gasteiger partial charge on any atom is -0.259 e. The Morgan fingerprint density at radius 1 is 2.00 bits per heavy atom. The van der Waals surface area contributed by atoms with Gasteiger partial charge in [0.1, 0.15) is 0 Å². The van der Waals surface area contributed by atoms with Gasteiger partial charge < -0.3 is 0 Å². The van der Waals surface area contributed by atoms with Crippen LogP contribution in [0.15, 0.2) is 2.92 Å². The standard InChI is InChI=1S/BH2INP/c1-2-3-4/h4H2. The minimum atomic E-state index is -0.301. The molecule has 0 N–H and O–H groups in total. The van der Waals surface area contributed by atoms with Gasteiger partial charge in [-0.25, -0.2) is 0 Å². The van der Waals surface area contributed by atoms with Crippen LogP contribution in [0.5, 0.6) is 0 Å². The van der Waals surface area contributed by atoms with Gasteiger partial charge in [0.15, 0.2) is 5.70 Å². The van der Waals surface area contributed by atoms with Crippen molar-refractivity contribution >= 4 is 35.9 Å². The molecule has 1 unspecified atom stereocenters. The Balaban J connectivity index is 2.55. The number of hydrogen-bond acceptors (Lipinski definition) is 1. The van der Waals surface area contributed by atoms with Gasteiger partial charge in [-0.05, 0) is 9.39 Å². The summed E-state index contributed by atoms with van der Waals surface area (Å²) in [6.45, 7) is 0. The molecule has 0 aliphatic heterocycles. The lowest BCUT2D eigenvalue weighted by atomic mass is 10.8. The molecule has 0 heterocycles. The molecule has 0 bridgehead atoms. The maximum absolute atomic E-state index is 4.95. The molecule has 1 atom stereocenters. The smallest absolute Gasteiger partial charge is 0.189 e. The average Bonchev–Trinajstić information content (AvgIpc) is 1.37. The molecule has 2 radical (unpaired) electrons. The number of halogens is 1. The van der Waals surface area contributed by atoms with E-state index < -0.39 is 0 Å². The summed E-state index contributed by atoms with van der Waals surface area (Å²) in [7, 11) is 2.20. The zero-order chi connectivity index (χ0) is 3.41. The zero-order valence-electron chi connectivity index (χ0n) is 1.98. The Bertz CT molecular complexity index is 23.2. The monoisotopic (exact) mass is 185 g/mol. The Morgan fingerprint density at radius 2 is 2.25 bits per heavy atom. The molecule has 0 fully saturated rings. The zero-order valence-corrected chi connectivity index (χ0v) is 5.29. The van der Waals surface area contributed by atoms with Crippen molar-refractivity contribution in [1.29, 1.82) is 0 Å². The van der Waals surface area contributed by atoms with Crippen LogP contribution in [0.2, 0.25) is 0 Å². The highest BCUT2D eigenvalue weighted by Crippen LogP contribution is 1.93. The van der Waals surface area contributed by atoms with Crippen molar-refractivity contribution in [1.82, 2.24) is 0 Å². The van der Waals surface area contributed by atoms with Crippen LogP contribution in [0, 0.1) is 0 Å². The number of nitrogens with zero attached hydrogens (tertiary/aromatic N) is 1. The van der Waals surface area contributed by atoms with Crippen LogP contribution in [0.3, 0.4) is 0 Å². The van der Waals surface area contributed by atoms with E-state index in [-0.39, 0.29) is 20.8 Å². The van der Waals surface area contributed by atoms with Crippen LogP contribution >= 0.6 is 30.2 Å². The first-order chi connectivity index (χ1) is 1.91. The van der Waals surface area contributed by atoms with Crippen LogP contribution < -0.4 is 0 Å². The summed E-state index contributed by atoms with van der Waals surface area (Å²) in [5.74, 6) is 0. The van der Waals surface area contributed by atoms with Crippen LogP contribution in [0.25, 0.3) is 0 Å². The molecule has 0 saturated heterocycles. The van der Waals surface area contributed by atoms with E-state index in [9.17, 15) is 0 Å². The number of hydrogen-bond donors (Lipinski definition) is 0. The largest absolute Gasteiger partial charge is 0.259 e. The molecule has 0 aliphatic carbocycles. The van der Waals surface area contributed by atoms with Crippen LogP contribution in [0.1, 0.15) is 0 Å². The third-order valence-corrected chi connectivity index (χ3v) is 1.13. The maximum Gasteiger partial charge on any atom is 0.189 e. The second-order valence-electron chi connectivity index (χ2n) is 0.195. The van der Waals surface area contributed by atoms with Crippen molar-refractivity contribution in [2.75, 3.05) is 0 Å². The molecule has 0 spiro atoms. The Labute approximate surface area is 39.1 Å². The van der Waals surface area contributed by atoms with Crippen molar-refractivity contribution in [2.24, 2.45) is 2.92 Å². The van der Waals surface area contributed by atoms with Gasteiger partial charge in [0.05, 0.1) is 0 Å². The molecule has 22 valence electrons. The van der Waals surface area contributed by atoms with E-state index in [0.29, 0.717) is 0 Å². The lowest BCUT2D eigenvalue weighted by Gasteiger charge is -1.51. The molecule has 0 aliphatic rings. The normalized spacial score (nSPS) is 11.2. The van der Waals surface area contributed by atoms with E-state index in [1.165, 1.54) is 0 Å². The molecule has 0 aromatic rings. The van der Waals surface area contributed by atoms with Crippen molar-refractivity contribution < 1.29 is 0 Å². The first-order valence-electron chi connectivity index (χ1n) is 0.645. The van der Waals surface area contributed by atoms with Gasteiger partial charge in [-0.2, -0.15) is 0 Å². The summed E-state index contributed by atoms with van der Waals surface area (Å²) >= 11 is -0.301. The Kier molecular flexibility index (Phi) is 5.06. The van der Waals surface area contributed by atoms with Gasteiger partial charge >= 0.3 is 0 Å². The maximum atomic E-state index is 4.95. The SMILES string of the molecule is [B]I=NP. The van der Waals surface area contributed by atoms with E-state index in [1.807, 2.05) is 0 Å². The Hall–Kier alpha value is 1.02. The number of rotatable bonds is 0. The minimum absolute atomic E-state index is 0.301. The molecular formula is H2BINP. The van der Waals surface area contributed by atoms with E-state index in [2.05, 4.69) is 12.3 Å². The summed E-state index contributed by atoms with van der Waals surface area (Å²) in [6.07, 6.45) is 0. The van der Waals surface area contributed by atoms with E-state index >= 15 is 0 Å². The molecule has 0 amide bonds. The van der Waals surface area contributed by atoms with Crippen molar-refractivity contribution in [3.8, 4) is 0 Å². The fourth-order valence-electron chi connectivity index (χ4n) is 0. The first-order valence-corrected chi connectivity index (χ1v) is 3.37. The fourth-order valence-corrected chi connectivity index (χ4v) is 0. The molecule has 4 heavy (non-hydrogen) atoms. The predicted molar refractivity (Wildman–Crippen MR) is 31.9 cm³/mol. The third kappa shape index (κ3) is 3.02. The van der Waals surface area contributed by atoms with Gasteiger partial charge in [0, 0.05) is 0 Å². The lowest BCUT2D eigenvalue weighted by molar-refractivity contribution is 2.17. The summed E-state index contributed by atoms with van der Waals surface area (Å²) in [4.78, 5) is 0. The molecule has 4 heteroatoms. The Morgan fingerprint density at radius 3 is 2.25 bits per heavy atom. The van der Waals surface area contributed by atoms with Crippen molar-refractivity contribution in [2.45, 2.75) is 0 Å².